The van der Waals surface area contributed by atoms with Crippen LogP contribution in [0.5, 0.6) is 0 Å². The van der Waals surface area contributed by atoms with Crippen molar-refractivity contribution in [2.75, 3.05) is 5.32 Å². The van der Waals surface area contributed by atoms with Crippen LogP contribution in [-0.4, -0.2) is 25.2 Å². The van der Waals surface area contributed by atoms with Gasteiger partial charge in [0.15, 0.2) is 0 Å². The standard InChI is InChI=1S/C20H23N5O/c1-14-17(15(2)25(23-14)16-8-4-3-5-9-16)12-20(26)22-19-13-21-18-10-6-7-11-24(18)19/h3-5,8-9,13H,6-7,10-12H2,1-2H3,(H,22,26). The van der Waals surface area contributed by atoms with E-state index in [1.54, 1.807) is 6.20 Å². The summed E-state index contributed by atoms with van der Waals surface area (Å²) in [4.78, 5) is 17.1. The van der Waals surface area contributed by atoms with Gasteiger partial charge in [-0.1, -0.05) is 18.2 Å². The maximum atomic E-state index is 12.6. The molecule has 0 aliphatic carbocycles. The summed E-state index contributed by atoms with van der Waals surface area (Å²) in [6.07, 6.45) is 5.37. The van der Waals surface area contributed by atoms with Gasteiger partial charge in [0.1, 0.15) is 11.6 Å². The van der Waals surface area contributed by atoms with E-state index in [2.05, 4.69) is 20.0 Å². The van der Waals surface area contributed by atoms with E-state index in [9.17, 15) is 4.79 Å². The first-order chi connectivity index (χ1) is 12.6. The number of rotatable bonds is 4. The predicted octanol–water partition coefficient (Wildman–Crippen LogP) is 3.20. The molecular formula is C20H23N5O. The highest BCUT2D eigenvalue weighted by atomic mass is 16.1. The third-order valence-corrected chi connectivity index (χ3v) is 5.02. The van der Waals surface area contributed by atoms with E-state index < -0.39 is 0 Å². The second-order valence-electron chi connectivity index (χ2n) is 6.79. The lowest BCUT2D eigenvalue weighted by atomic mass is 10.1. The molecule has 0 fully saturated rings. The zero-order chi connectivity index (χ0) is 18.1. The van der Waals surface area contributed by atoms with Crippen molar-refractivity contribution in [2.24, 2.45) is 0 Å². The second-order valence-corrected chi connectivity index (χ2v) is 6.79. The molecule has 0 saturated carbocycles. The molecule has 0 saturated heterocycles. The summed E-state index contributed by atoms with van der Waals surface area (Å²) >= 11 is 0. The average molecular weight is 349 g/mol. The number of aromatic nitrogens is 4. The summed E-state index contributed by atoms with van der Waals surface area (Å²) in [5.74, 6) is 1.84. The molecule has 1 aliphatic rings. The summed E-state index contributed by atoms with van der Waals surface area (Å²) in [5.41, 5.74) is 3.87. The zero-order valence-corrected chi connectivity index (χ0v) is 15.2. The fraction of sp³-hybridized carbons (Fsp3) is 0.350. The Bertz CT molecular complexity index is 939. The van der Waals surface area contributed by atoms with Crippen LogP contribution in [0.1, 0.15) is 35.6 Å². The molecule has 4 rings (SSSR count). The number of hydrogen-bond donors (Lipinski definition) is 1. The van der Waals surface area contributed by atoms with Crippen molar-refractivity contribution in [2.45, 2.75) is 46.1 Å². The number of hydrogen-bond acceptors (Lipinski definition) is 3. The molecule has 1 N–H and O–H groups in total. The maximum Gasteiger partial charge on any atom is 0.230 e. The monoisotopic (exact) mass is 349 g/mol. The van der Waals surface area contributed by atoms with Crippen LogP contribution < -0.4 is 5.32 Å². The van der Waals surface area contributed by atoms with Gasteiger partial charge >= 0.3 is 0 Å². The van der Waals surface area contributed by atoms with Crippen molar-refractivity contribution in [3.05, 3.63) is 59.3 Å². The summed E-state index contributed by atoms with van der Waals surface area (Å²) in [5, 5.41) is 7.65. The highest BCUT2D eigenvalue weighted by molar-refractivity contribution is 5.91. The quantitative estimate of drug-likeness (QED) is 0.787. The molecule has 1 amide bonds. The topological polar surface area (TPSA) is 64.7 Å². The van der Waals surface area contributed by atoms with E-state index in [0.29, 0.717) is 6.42 Å². The molecule has 1 aromatic carbocycles. The van der Waals surface area contributed by atoms with Gasteiger partial charge in [0.25, 0.3) is 0 Å². The number of benzene rings is 1. The molecule has 0 bridgehead atoms. The average Bonchev–Trinajstić information content (AvgIpc) is 3.19. The molecule has 3 aromatic rings. The van der Waals surface area contributed by atoms with Gasteiger partial charge in [-0.2, -0.15) is 5.10 Å². The minimum Gasteiger partial charge on any atom is -0.315 e. The molecule has 3 heterocycles. The van der Waals surface area contributed by atoms with Gasteiger partial charge in [-0.15, -0.1) is 0 Å². The smallest absolute Gasteiger partial charge is 0.230 e. The van der Waals surface area contributed by atoms with Crippen LogP contribution in [0.2, 0.25) is 0 Å². The summed E-state index contributed by atoms with van der Waals surface area (Å²) in [6.45, 7) is 4.89. The van der Waals surface area contributed by atoms with Crippen LogP contribution >= 0.6 is 0 Å². The van der Waals surface area contributed by atoms with Crippen molar-refractivity contribution in [1.82, 2.24) is 19.3 Å². The summed E-state index contributed by atoms with van der Waals surface area (Å²) < 4.78 is 4.02. The van der Waals surface area contributed by atoms with E-state index in [1.165, 1.54) is 6.42 Å². The lowest BCUT2D eigenvalue weighted by Gasteiger charge is -2.16. The Balaban J connectivity index is 1.53. The van der Waals surface area contributed by atoms with Crippen molar-refractivity contribution in [1.29, 1.82) is 0 Å². The molecule has 26 heavy (non-hydrogen) atoms. The van der Waals surface area contributed by atoms with E-state index in [-0.39, 0.29) is 5.91 Å². The third-order valence-electron chi connectivity index (χ3n) is 5.02. The highest BCUT2D eigenvalue weighted by Crippen LogP contribution is 2.21. The fourth-order valence-electron chi connectivity index (χ4n) is 3.61. The maximum absolute atomic E-state index is 12.6. The van der Waals surface area contributed by atoms with Gasteiger partial charge in [-0.05, 0) is 38.8 Å². The Morgan fingerprint density at radius 3 is 2.81 bits per heavy atom. The number of aryl methyl sites for hydroxylation is 2. The van der Waals surface area contributed by atoms with Crippen LogP contribution in [0.3, 0.4) is 0 Å². The Labute approximate surface area is 152 Å². The molecule has 0 atom stereocenters. The highest BCUT2D eigenvalue weighted by Gasteiger charge is 2.19. The van der Waals surface area contributed by atoms with E-state index in [0.717, 1.165) is 53.7 Å². The number of imidazole rings is 1. The van der Waals surface area contributed by atoms with Crippen LogP contribution in [0.4, 0.5) is 5.82 Å². The van der Waals surface area contributed by atoms with Crippen LogP contribution in [0.15, 0.2) is 36.5 Å². The van der Waals surface area contributed by atoms with Crippen LogP contribution in [0.25, 0.3) is 5.69 Å². The van der Waals surface area contributed by atoms with Gasteiger partial charge in [-0.25, -0.2) is 9.67 Å². The lowest BCUT2D eigenvalue weighted by Crippen LogP contribution is -2.20. The van der Waals surface area contributed by atoms with Crippen LogP contribution in [-0.2, 0) is 24.2 Å². The van der Waals surface area contributed by atoms with Crippen molar-refractivity contribution in [3.8, 4) is 5.69 Å². The minimum atomic E-state index is -0.0305. The van der Waals surface area contributed by atoms with Gasteiger partial charge < -0.3 is 9.88 Å². The summed E-state index contributed by atoms with van der Waals surface area (Å²) in [7, 11) is 0. The number of fused-ring (bicyclic) bond motifs is 1. The Morgan fingerprint density at radius 2 is 2.00 bits per heavy atom. The van der Waals surface area contributed by atoms with E-state index >= 15 is 0 Å². The Hall–Kier alpha value is -2.89. The molecule has 1 aliphatic heterocycles. The van der Waals surface area contributed by atoms with E-state index in [4.69, 9.17) is 0 Å². The fourth-order valence-corrected chi connectivity index (χ4v) is 3.61. The normalized spacial score (nSPS) is 13.5. The molecule has 2 aromatic heterocycles. The number of nitrogens with zero attached hydrogens (tertiary/aromatic N) is 4. The Morgan fingerprint density at radius 1 is 1.19 bits per heavy atom. The van der Waals surface area contributed by atoms with Gasteiger partial charge in [0.05, 0.1) is 24.0 Å². The van der Waals surface area contributed by atoms with Crippen molar-refractivity contribution in [3.63, 3.8) is 0 Å². The second kappa shape index (κ2) is 6.78. The Kier molecular flexibility index (Phi) is 4.32. The minimum absolute atomic E-state index is 0.0305. The van der Waals surface area contributed by atoms with E-state index in [1.807, 2.05) is 48.9 Å². The van der Waals surface area contributed by atoms with Crippen molar-refractivity contribution < 1.29 is 4.79 Å². The van der Waals surface area contributed by atoms with Gasteiger partial charge in [0, 0.05) is 24.2 Å². The lowest BCUT2D eigenvalue weighted by molar-refractivity contribution is -0.115. The number of amides is 1. The summed E-state index contributed by atoms with van der Waals surface area (Å²) in [6, 6.07) is 9.99. The molecule has 0 unspecified atom stereocenters. The zero-order valence-electron chi connectivity index (χ0n) is 15.2. The first-order valence-corrected chi connectivity index (χ1v) is 9.08. The molecule has 0 spiro atoms. The number of anilines is 1. The first-order valence-electron chi connectivity index (χ1n) is 9.08. The number of carbonyl (C=O) groups is 1. The first kappa shape index (κ1) is 16.6. The number of nitrogens with one attached hydrogen (secondary N) is 1. The number of para-hydroxylation sites is 1. The molecule has 134 valence electrons. The molecular weight excluding hydrogens is 326 g/mol. The predicted molar refractivity (Wildman–Crippen MR) is 101 cm³/mol. The van der Waals surface area contributed by atoms with Gasteiger partial charge in [0.2, 0.25) is 5.91 Å². The molecule has 0 radical (unpaired) electrons. The third kappa shape index (κ3) is 3.03. The SMILES string of the molecule is Cc1nn(-c2ccccc2)c(C)c1CC(=O)Nc1cnc2n1CCCC2. The number of carbonyl (C=O) groups excluding carboxylic acids is 1. The van der Waals surface area contributed by atoms with Crippen molar-refractivity contribution >= 4 is 11.7 Å². The molecule has 6 heteroatoms. The van der Waals surface area contributed by atoms with Crippen LogP contribution in [0, 0.1) is 13.8 Å². The van der Waals surface area contributed by atoms with Gasteiger partial charge in [-0.3, -0.25) is 4.79 Å². The molecule has 6 nitrogen and oxygen atoms in total. The largest absolute Gasteiger partial charge is 0.315 e.